The molecule has 0 radical (unpaired) electrons. The van der Waals surface area contributed by atoms with Crippen molar-refractivity contribution < 1.29 is 0 Å². The van der Waals surface area contributed by atoms with Crippen LogP contribution in [0.2, 0.25) is 0 Å². The van der Waals surface area contributed by atoms with Gasteiger partial charge in [0.1, 0.15) is 17.8 Å². The van der Waals surface area contributed by atoms with Crippen molar-refractivity contribution in [2.24, 2.45) is 0 Å². The number of nitrogens with zero attached hydrogens (tertiary/aromatic N) is 3. The first kappa shape index (κ1) is 7.37. The van der Waals surface area contributed by atoms with Crippen molar-refractivity contribution in [1.82, 2.24) is 4.57 Å². The molecule has 0 bridgehead atoms. The van der Waals surface area contributed by atoms with Gasteiger partial charge in [-0.2, -0.15) is 10.5 Å². The van der Waals surface area contributed by atoms with Crippen LogP contribution in [0.15, 0.2) is 18.3 Å². The fourth-order valence-corrected chi connectivity index (χ4v) is 0.888. The molecule has 3 nitrogen and oxygen atoms in total. The quantitative estimate of drug-likeness (QED) is 0.600. The molecule has 1 aromatic rings. The van der Waals surface area contributed by atoms with Crippen LogP contribution in [0, 0.1) is 22.7 Å². The highest BCUT2D eigenvalue weighted by Gasteiger charge is 2.04. The molecule has 1 heterocycles. The van der Waals surface area contributed by atoms with Crippen LogP contribution in [-0.2, 0) is 0 Å². The molecule has 1 atom stereocenters. The van der Waals surface area contributed by atoms with Crippen molar-refractivity contribution in [3.8, 4) is 12.1 Å². The maximum absolute atomic E-state index is 8.57. The Hall–Kier alpha value is -1.74. The summed E-state index contributed by atoms with van der Waals surface area (Å²) < 4.78 is 1.64. The SMILES string of the molecule is CC(C#N)n1cccc1C#N. The van der Waals surface area contributed by atoms with E-state index in [1.165, 1.54) is 0 Å². The summed E-state index contributed by atoms with van der Waals surface area (Å²) in [6.45, 7) is 1.75. The molecule has 3 heteroatoms. The minimum Gasteiger partial charge on any atom is -0.323 e. The number of rotatable bonds is 1. The van der Waals surface area contributed by atoms with E-state index in [0.717, 1.165) is 0 Å². The molecule has 0 spiro atoms. The molecule has 0 aliphatic carbocycles. The van der Waals surface area contributed by atoms with Gasteiger partial charge in [0.05, 0.1) is 6.07 Å². The summed E-state index contributed by atoms with van der Waals surface area (Å²) in [6.07, 6.45) is 1.73. The first-order chi connectivity index (χ1) is 5.29. The van der Waals surface area contributed by atoms with E-state index >= 15 is 0 Å². The third-order valence-electron chi connectivity index (χ3n) is 1.50. The van der Waals surface area contributed by atoms with Crippen molar-refractivity contribution in [2.45, 2.75) is 13.0 Å². The molecule has 1 unspecified atom stereocenters. The predicted molar refractivity (Wildman–Crippen MR) is 39.5 cm³/mol. The van der Waals surface area contributed by atoms with Crippen molar-refractivity contribution in [3.05, 3.63) is 24.0 Å². The molecular formula is C8H7N3. The van der Waals surface area contributed by atoms with Gasteiger partial charge in [-0.15, -0.1) is 0 Å². The topological polar surface area (TPSA) is 52.5 Å². The fraction of sp³-hybridized carbons (Fsp3) is 0.250. The van der Waals surface area contributed by atoms with Gasteiger partial charge in [-0.1, -0.05) is 0 Å². The first-order valence-electron chi connectivity index (χ1n) is 3.26. The molecule has 0 amide bonds. The Morgan fingerprint density at radius 1 is 1.55 bits per heavy atom. The average Bonchev–Trinajstić information content (AvgIpc) is 2.50. The van der Waals surface area contributed by atoms with Gasteiger partial charge in [0.15, 0.2) is 0 Å². The lowest BCUT2D eigenvalue weighted by Gasteiger charge is -2.04. The summed E-state index contributed by atoms with van der Waals surface area (Å²) in [5.74, 6) is 0. The zero-order valence-corrected chi connectivity index (χ0v) is 6.15. The van der Waals surface area contributed by atoms with E-state index in [9.17, 15) is 0 Å². The van der Waals surface area contributed by atoms with E-state index in [-0.39, 0.29) is 6.04 Å². The number of hydrogen-bond acceptors (Lipinski definition) is 2. The Labute approximate surface area is 65.1 Å². The predicted octanol–water partition coefficient (Wildman–Crippen LogP) is 1.44. The van der Waals surface area contributed by atoms with Crippen LogP contribution in [0.25, 0.3) is 0 Å². The Kier molecular flexibility index (Phi) is 1.94. The van der Waals surface area contributed by atoms with E-state index < -0.39 is 0 Å². The second-order valence-electron chi connectivity index (χ2n) is 2.22. The Morgan fingerprint density at radius 3 is 2.82 bits per heavy atom. The summed E-state index contributed by atoms with van der Waals surface area (Å²) in [5.41, 5.74) is 0.527. The Bertz CT molecular complexity index is 324. The molecule has 1 rings (SSSR count). The molecule has 11 heavy (non-hydrogen) atoms. The first-order valence-corrected chi connectivity index (χ1v) is 3.26. The lowest BCUT2D eigenvalue weighted by atomic mass is 10.3. The summed E-state index contributed by atoms with van der Waals surface area (Å²) in [5, 5.41) is 17.1. The Balaban J connectivity index is 3.07. The van der Waals surface area contributed by atoms with E-state index in [1.807, 2.05) is 6.07 Å². The van der Waals surface area contributed by atoms with Gasteiger partial charge in [-0.25, -0.2) is 0 Å². The summed E-state index contributed by atoms with van der Waals surface area (Å²) in [6, 6.07) is 7.24. The molecule has 0 aromatic carbocycles. The van der Waals surface area contributed by atoms with Gasteiger partial charge in [0.25, 0.3) is 0 Å². The minimum absolute atomic E-state index is 0.264. The fourth-order valence-electron chi connectivity index (χ4n) is 0.888. The molecule has 0 saturated carbocycles. The second-order valence-corrected chi connectivity index (χ2v) is 2.22. The highest BCUT2D eigenvalue weighted by molar-refractivity contribution is 5.23. The summed E-state index contributed by atoms with van der Waals surface area (Å²) in [7, 11) is 0. The number of hydrogen-bond donors (Lipinski definition) is 0. The standard InChI is InChI=1S/C8H7N3/c1-7(5-9)11-4-2-3-8(11)6-10/h2-4,7H,1H3. The molecule has 1 aromatic heterocycles. The highest BCUT2D eigenvalue weighted by atomic mass is 15.0. The maximum atomic E-state index is 8.57. The van der Waals surface area contributed by atoms with E-state index in [4.69, 9.17) is 10.5 Å². The Morgan fingerprint density at radius 2 is 2.27 bits per heavy atom. The lowest BCUT2D eigenvalue weighted by Crippen LogP contribution is -2.02. The van der Waals surface area contributed by atoms with Crippen LogP contribution < -0.4 is 0 Å². The van der Waals surface area contributed by atoms with Crippen LogP contribution >= 0.6 is 0 Å². The molecule has 0 aliphatic rings. The van der Waals surface area contributed by atoms with Gasteiger partial charge in [-0.05, 0) is 19.1 Å². The monoisotopic (exact) mass is 145 g/mol. The third kappa shape index (κ3) is 1.22. The van der Waals surface area contributed by atoms with Gasteiger partial charge < -0.3 is 4.57 Å². The number of nitriles is 2. The smallest absolute Gasteiger partial charge is 0.121 e. The summed E-state index contributed by atoms with van der Waals surface area (Å²) in [4.78, 5) is 0. The normalized spacial score (nSPS) is 11.5. The van der Waals surface area contributed by atoms with Crippen LogP contribution in [0.1, 0.15) is 18.7 Å². The zero-order chi connectivity index (χ0) is 8.27. The van der Waals surface area contributed by atoms with Crippen LogP contribution in [0.4, 0.5) is 0 Å². The van der Waals surface area contributed by atoms with Crippen molar-refractivity contribution in [2.75, 3.05) is 0 Å². The van der Waals surface area contributed by atoms with Gasteiger partial charge >= 0.3 is 0 Å². The molecule has 0 N–H and O–H groups in total. The van der Waals surface area contributed by atoms with Crippen molar-refractivity contribution in [3.63, 3.8) is 0 Å². The van der Waals surface area contributed by atoms with Crippen molar-refractivity contribution >= 4 is 0 Å². The van der Waals surface area contributed by atoms with Crippen LogP contribution in [0.5, 0.6) is 0 Å². The minimum atomic E-state index is -0.264. The van der Waals surface area contributed by atoms with Crippen LogP contribution in [0.3, 0.4) is 0 Å². The largest absolute Gasteiger partial charge is 0.323 e. The lowest BCUT2D eigenvalue weighted by molar-refractivity contribution is 0.670. The van der Waals surface area contributed by atoms with Gasteiger partial charge in [-0.3, -0.25) is 0 Å². The van der Waals surface area contributed by atoms with E-state index in [1.54, 1.807) is 29.8 Å². The number of aromatic nitrogens is 1. The van der Waals surface area contributed by atoms with Gasteiger partial charge in [0, 0.05) is 6.20 Å². The van der Waals surface area contributed by atoms with Crippen LogP contribution in [-0.4, -0.2) is 4.57 Å². The molecule has 0 aliphatic heterocycles. The van der Waals surface area contributed by atoms with E-state index in [2.05, 4.69) is 6.07 Å². The molecular weight excluding hydrogens is 138 g/mol. The summed E-state index contributed by atoms with van der Waals surface area (Å²) >= 11 is 0. The highest BCUT2D eigenvalue weighted by Crippen LogP contribution is 2.08. The van der Waals surface area contributed by atoms with Gasteiger partial charge in [0.2, 0.25) is 0 Å². The zero-order valence-electron chi connectivity index (χ0n) is 6.15. The van der Waals surface area contributed by atoms with Crippen molar-refractivity contribution in [1.29, 1.82) is 10.5 Å². The molecule has 0 fully saturated rings. The average molecular weight is 145 g/mol. The van der Waals surface area contributed by atoms with E-state index in [0.29, 0.717) is 5.69 Å². The maximum Gasteiger partial charge on any atom is 0.121 e. The molecule has 0 saturated heterocycles. The third-order valence-corrected chi connectivity index (χ3v) is 1.50. The second kappa shape index (κ2) is 2.90. The molecule has 54 valence electrons.